The van der Waals surface area contributed by atoms with Crippen molar-refractivity contribution in [3.8, 4) is 0 Å². The second kappa shape index (κ2) is 12.6. The predicted molar refractivity (Wildman–Crippen MR) is 136 cm³/mol. The molecule has 0 amide bonds. The molecule has 2 aromatic rings. The molecule has 2 N–H and O–H groups in total. The Morgan fingerprint density at radius 1 is 1.19 bits per heavy atom. The third-order valence-electron chi connectivity index (χ3n) is 6.55. The molecular weight excluding hydrogens is 464 g/mol. The number of hydrogen-bond donors (Lipinski definition) is 2. The first-order chi connectivity index (χ1) is 17.1. The van der Waals surface area contributed by atoms with Gasteiger partial charge in [0.2, 0.25) is 0 Å². The number of nitrogens with one attached hydrogen (secondary N) is 1. The average Bonchev–Trinajstić information content (AvgIpc) is 3.23. The van der Waals surface area contributed by atoms with Gasteiger partial charge >= 0.3 is 5.97 Å². The molecule has 0 saturated heterocycles. The second-order valence-electron chi connectivity index (χ2n) is 10.1. The van der Waals surface area contributed by atoms with Crippen molar-refractivity contribution in [2.45, 2.75) is 64.7 Å². The van der Waals surface area contributed by atoms with Gasteiger partial charge in [-0.05, 0) is 81.7 Å². The molecule has 2 aromatic carbocycles. The molecule has 0 heterocycles. The highest BCUT2D eigenvalue weighted by atomic mass is 19.2. The summed E-state index contributed by atoms with van der Waals surface area (Å²) in [7, 11) is 0. The number of aliphatic hydroxyl groups excluding tert-OH is 1. The van der Waals surface area contributed by atoms with Crippen LogP contribution in [0.4, 0.5) is 8.78 Å². The van der Waals surface area contributed by atoms with E-state index in [2.05, 4.69) is 43.4 Å². The SMILES string of the molecule is CCOC(=O)C=Cc1ccc(F)c(F)c1C(C)OC[C@H](O)CNC(C)(C)CC1Cc2ccccc2C1. The minimum atomic E-state index is -1.04. The predicted octanol–water partition coefficient (Wildman–Crippen LogP) is 5.15. The summed E-state index contributed by atoms with van der Waals surface area (Å²) >= 11 is 0. The lowest BCUT2D eigenvalue weighted by Crippen LogP contribution is -2.45. The van der Waals surface area contributed by atoms with Crippen LogP contribution in [-0.4, -0.2) is 42.5 Å². The van der Waals surface area contributed by atoms with Gasteiger partial charge in [-0.3, -0.25) is 0 Å². The van der Waals surface area contributed by atoms with E-state index >= 15 is 0 Å². The Balaban J connectivity index is 1.52. The van der Waals surface area contributed by atoms with Gasteiger partial charge in [-0.1, -0.05) is 30.3 Å². The zero-order chi connectivity index (χ0) is 26.3. The van der Waals surface area contributed by atoms with E-state index in [4.69, 9.17) is 9.47 Å². The smallest absolute Gasteiger partial charge is 0.330 e. The summed E-state index contributed by atoms with van der Waals surface area (Å²) in [6.45, 7) is 7.97. The minimum Gasteiger partial charge on any atom is -0.463 e. The summed E-state index contributed by atoms with van der Waals surface area (Å²) in [6, 6.07) is 10.9. The van der Waals surface area contributed by atoms with E-state index in [1.807, 2.05) is 0 Å². The van der Waals surface area contributed by atoms with Gasteiger partial charge in [-0.2, -0.15) is 0 Å². The van der Waals surface area contributed by atoms with Gasteiger partial charge in [0.15, 0.2) is 11.6 Å². The van der Waals surface area contributed by atoms with E-state index in [-0.39, 0.29) is 24.3 Å². The molecule has 0 bridgehead atoms. The molecule has 1 unspecified atom stereocenters. The zero-order valence-corrected chi connectivity index (χ0v) is 21.5. The highest BCUT2D eigenvalue weighted by molar-refractivity contribution is 5.87. The van der Waals surface area contributed by atoms with E-state index in [0.29, 0.717) is 18.0 Å². The number of rotatable bonds is 12. The summed E-state index contributed by atoms with van der Waals surface area (Å²) in [5.74, 6) is -2.07. The summed E-state index contributed by atoms with van der Waals surface area (Å²) in [6.07, 6.45) is 3.96. The number of aliphatic hydroxyl groups is 1. The fourth-order valence-electron chi connectivity index (χ4n) is 4.87. The molecule has 1 aliphatic carbocycles. The quantitative estimate of drug-likeness (QED) is 0.311. The lowest BCUT2D eigenvalue weighted by atomic mass is 9.88. The molecule has 3 rings (SSSR count). The Labute approximate surface area is 212 Å². The average molecular weight is 502 g/mol. The van der Waals surface area contributed by atoms with Crippen LogP contribution in [0.1, 0.15) is 62.5 Å². The van der Waals surface area contributed by atoms with Crippen LogP contribution in [-0.2, 0) is 27.1 Å². The number of hydrogen-bond acceptors (Lipinski definition) is 5. The van der Waals surface area contributed by atoms with Crippen LogP contribution in [0.2, 0.25) is 0 Å². The first-order valence-corrected chi connectivity index (χ1v) is 12.5. The fraction of sp³-hybridized carbons (Fsp3) is 0.483. The van der Waals surface area contributed by atoms with E-state index in [9.17, 15) is 18.7 Å². The van der Waals surface area contributed by atoms with Gasteiger partial charge in [0.25, 0.3) is 0 Å². The normalized spacial score (nSPS) is 15.8. The topological polar surface area (TPSA) is 67.8 Å². The minimum absolute atomic E-state index is 0.0168. The number of β-amino-alcohol motifs (C(OH)–C–C–N with tert-alkyl or cyclic N) is 1. The second-order valence-corrected chi connectivity index (χ2v) is 10.1. The zero-order valence-electron chi connectivity index (χ0n) is 21.5. The lowest BCUT2D eigenvalue weighted by Gasteiger charge is -2.31. The van der Waals surface area contributed by atoms with Crippen LogP contribution in [0.15, 0.2) is 42.5 Å². The molecular formula is C29H37F2NO4. The Hall–Kier alpha value is -2.61. The molecule has 0 aliphatic heterocycles. The largest absolute Gasteiger partial charge is 0.463 e. The lowest BCUT2D eigenvalue weighted by molar-refractivity contribution is -0.137. The monoisotopic (exact) mass is 501 g/mol. The number of carbonyl (C=O) groups is 1. The Morgan fingerprint density at radius 2 is 1.86 bits per heavy atom. The van der Waals surface area contributed by atoms with Crippen LogP contribution < -0.4 is 5.32 Å². The molecule has 7 heteroatoms. The summed E-state index contributed by atoms with van der Waals surface area (Å²) in [5.41, 5.74) is 2.94. The first-order valence-electron chi connectivity index (χ1n) is 12.5. The maximum absolute atomic E-state index is 14.6. The molecule has 0 saturated carbocycles. The van der Waals surface area contributed by atoms with E-state index in [0.717, 1.165) is 31.4 Å². The molecule has 5 nitrogen and oxygen atoms in total. The number of benzene rings is 2. The third-order valence-corrected chi connectivity index (χ3v) is 6.55. The van der Waals surface area contributed by atoms with Crippen molar-refractivity contribution < 1.29 is 28.2 Å². The van der Waals surface area contributed by atoms with Gasteiger partial charge in [-0.25, -0.2) is 13.6 Å². The van der Waals surface area contributed by atoms with Crippen molar-refractivity contribution in [1.29, 1.82) is 0 Å². The standard InChI is InChI=1S/C29H37F2NO4/c1-5-35-26(34)13-11-21-10-12-25(30)28(31)27(21)19(2)36-18-24(33)17-32-29(3,4)16-20-14-22-8-6-7-9-23(22)15-20/h6-13,19-20,24,32-33H,5,14-18H2,1-4H3/t19?,24-/m1/s1. The number of halogens is 2. The number of carbonyl (C=O) groups excluding carboxylic acids is 1. The highest BCUT2D eigenvalue weighted by Gasteiger charge is 2.28. The Morgan fingerprint density at radius 3 is 2.50 bits per heavy atom. The van der Waals surface area contributed by atoms with Crippen LogP contribution in [0.5, 0.6) is 0 Å². The van der Waals surface area contributed by atoms with Crippen molar-refractivity contribution in [2.75, 3.05) is 19.8 Å². The molecule has 196 valence electrons. The molecule has 0 spiro atoms. The van der Waals surface area contributed by atoms with Crippen molar-refractivity contribution in [1.82, 2.24) is 5.32 Å². The van der Waals surface area contributed by atoms with Crippen LogP contribution in [0, 0.1) is 17.6 Å². The molecule has 0 aromatic heterocycles. The Kier molecular flexibility index (Phi) is 9.77. The fourth-order valence-corrected chi connectivity index (χ4v) is 4.87. The van der Waals surface area contributed by atoms with Crippen molar-refractivity contribution in [3.05, 3.63) is 76.4 Å². The highest BCUT2D eigenvalue weighted by Crippen LogP contribution is 2.32. The number of ether oxygens (including phenoxy) is 2. The number of fused-ring (bicyclic) bond motifs is 1. The van der Waals surface area contributed by atoms with Crippen molar-refractivity contribution >= 4 is 12.0 Å². The maximum atomic E-state index is 14.6. The van der Waals surface area contributed by atoms with Crippen molar-refractivity contribution in [2.24, 2.45) is 5.92 Å². The first kappa shape index (κ1) is 28.0. The van der Waals surface area contributed by atoms with Crippen LogP contribution in [0.25, 0.3) is 6.08 Å². The number of esters is 1. The van der Waals surface area contributed by atoms with E-state index in [1.165, 1.54) is 23.3 Å². The van der Waals surface area contributed by atoms with Crippen LogP contribution in [0.3, 0.4) is 0 Å². The van der Waals surface area contributed by atoms with E-state index in [1.54, 1.807) is 13.8 Å². The van der Waals surface area contributed by atoms with Crippen molar-refractivity contribution in [3.63, 3.8) is 0 Å². The summed E-state index contributed by atoms with van der Waals surface area (Å²) in [5, 5.41) is 13.9. The summed E-state index contributed by atoms with van der Waals surface area (Å²) < 4.78 is 39.1. The van der Waals surface area contributed by atoms with Gasteiger partial charge in [0.05, 0.1) is 25.4 Å². The molecule has 2 atom stereocenters. The van der Waals surface area contributed by atoms with Gasteiger partial charge in [0, 0.05) is 23.7 Å². The van der Waals surface area contributed by atoms with Crippen LogP contribution >= 0.6 is 0 Å². The summed E-state index contributed by atoms with van der Waals surface area (Å²) in [4.78, 5) is 11.6. The molecule has 1 aliphatic rings. The van der Waals surface area contributed by atoms with Gasteiger partial charge in [-0.15, -0.1) is 0 Å². The van der Waals surface area contributed by atoms with Gasteiger partial charge < -0.3 is 19.9 Å². The molecule has 36 heavy (non-hydrogen) atoms. The van der Waals surface area contributed by atoms with E-state index < -0.39 is 29.8 Å². The molecule has 0 fully saturated rings. The third kappa shape index (κ3) is 7.69. The molecule has 0 radical (unpaired) electrons. The maximum Gasteiger partial charge on any atom is 0.330 e. The van der Waals surface area contributed by atoms with Gasteiger partial charge in [0.1, 0.15) is 0 Å². The Bertz CT molecular complexity index is 1040.